The molecule has 0 amide bonds. The van der Waals surface area contributed by atoms with E-state index in [2.05, 4.69) is 34.1 Å². The van der Waals surface area contributed by atoms with Crippen LogP contribution in [0, 0.1) is 0 Å². The summed E-state index contributed by atoms with van der Waals surface area (Å²) in [6, 6.07) is 28.1. The molecule has 3 aromatic carbocycles. The Labute approximate surface area is 185 Å². The summed E-state index contributed by atoms with van der Waals surface area (Å²) in [5, 5.41) is 0. The smallest absolute Gasteiger partial charge is 0.170 e. The van der Waals surface area contributed by atoms with Gasteiger partial charge in [-0.3, -0.25) is 9.69 Å². The molecule has 0 aliphatic carbocycles. The van der Waals surface area contributed by atoms with Crippen molar-refractivity contribution < 1.29 is 9.53 Å². The van der Waals surface area contributed by atoms with Crippen molar-refractivity contribution in [2.24, 2.45) is 0 Å². The van der Waals surface area contributed by atoms with Crippen LogP contribution in [0.2, 0.25) is 0 Å². The van der Waals surface area contributed by atoms with Gasteiger partial charge < -0.3 is 9.64 Å². The first-order valence-corrected chi connectivity index (χ1v) is 11.0. The molecule has 1 atom stereocenters. The van der Waals surface area contributed by atoms with E-state index < -0.39 is 0 Å². The number of ether oxygens (including phenoxy) is 1. The van der Waals surface area contributed by atoms with Crippen LogP contribution in [0.1, 0.15) is 28.3 Å². The van der Waals surface area contributed by atoms with E-state index in [9.17, 15) is 4.79 Å². The monoisotopic (exact) mass is 414 g/mol. The first-order chi connectivity index (χ1) is 15.3. The average Bonchev–Trinajstić information content (AvgIpc) is 2.85. The van der Waals surface area contributed by atoms with Gasteiger partial charge in [0.25, 0.3) is 0 Å². The lowest BCUT2D eigenvalue weighted by Gasteiger charge is -2.37. The molecular weight excluding hydrogens is 384 g/mol. The van der Waals surface area contributed by atoms with E-state index in [1.165, 1.54) is 0 Å². The topological polar surface area (TPSA) is 32.8 Å². The number of para-hydroxylation sites is 2. The van der Waals surface area contributed by atoms with Gasteiger partial charge in [-0.2, -0.15) is 0 Å². The number of Topliss-reactive ketones (excluding diaryl/α,β-unsaturated/α-hetero) is 1. The Bertz CT molecular complexity index is 967. The van der Waals surface area contributed by atoms with Gasteiger partial charge in [0.2, 0.25) is 0 Å². The SMILES string of the molecule is COc1ccccc1N1CCN(CCC(C(=O)c2ccccc2)c2ccccc2)CC1. The van der Waals surface area contributed by atoms with Gasteiger partial charge in [0.05, 0.1) is 12.8 Å². The fraction of sp³-hybridized carbons (Fsp3) is 0.296. The Balaban J connectivity index is 1.40. The van der Waals surface area contributed by atoms with Crippen molar-refractivity contribution in [1.82, 2.24) is 4.90 Å². The standard InChI is InChI=1S/C27H30N2O2/c1-31-26-15-9-8-14-25(26)29-20-18-28(19-21-29)17-16-24(22-10-4-2-5-11-22)27(30)23-12-6-3-7-13-23/h2-15,24H,16-21H2,1H3. The number of carbonyl (C=O) groups excluding carboxylic acids is 1. The number of ketones is 1. The number of piperazine rings is 1. The third kappa shape index (κ3) is 5.15. The maximum absolute atomic E-state index is 13.3. The highest BCUT2D eigenvalue weighted by Gasteiger charge is 2.25. The Kier molecular flexibility index (Phi) is 7.00. The lowest BCUT2D eigenvalue weighted by molar-refractivity contribution is 0.0947. The Morgan fingerprint density at radius 3 is 2.13 bits per heavy atom. The largest absolute Gasteiger partial charge is 0.495 e. The van der Waals surface area contributed by atoms with Gasteiger partial charge in [-0.15, -0.1) is 0 Å². The second-order valence-corrected chi connectivity index (χ2v) is 7.98. The van der Waals surface area contributed by atoms with Crippen molar-refractivity contribution in [3.63, 3.8) is 0 Å². The Morgan fingerprint density at radius 1 is 0.839 bits per heavy atom. The molecule has 4 heteroatoms. The molecular formula is C27H30N2O2. The maximum Gasteiger partial charge on any atom is 0.170 e. The highest BCUT2D eigenvalue weighted by molar-refractivity contribution is 6.00. The van der Waals surface area contributed by atoms with Crippen molar-refractivity contribution in [2.75, 3.05) is 44.7 Å². The van der Waals surface area contributed by atoms with Crippen LogP contribution in [-0.2, 0) is 0 Å². The lowest BCUT2D eigenvalue weighted by Crippen LogP contribution is -2.47. The van der Waals surface area contributed by atoms with Gasteiger partial charge in [0.1, 0.15) is 5.75 Å². The van der Waals surface area contributed by atoms with Gasteiger partial charge in [-0.05, 0) is 30.7 Å². The molecule has 3 aromatic rings. The van der Waals surface area contributed by atoms with Crippen molar-refractivity contribution in [3.8, 4) is 5.75 Å². The quantitative estimate of drug-likeness (QED) is 0.492. The highest BCUT2D eigenvalue weighted by Crippen LogP contribution is 2.29. The normalized spacial score (nSPS) is 15.5. The minimum atomic E-state index is -0.115. The maximum atomic E-state index is 13.3. The van der Waals surface area contributed by atoms with Crippen LogP contribution in [0.25, 0.3) is 0 Å². The van der Waals surface area contributed by atoms with E-state index in [0.717, 1.165) is 61.7 Å². The Hall–Kier alpha value is -3.11. The third-order valence-electron chi connectivity index (χ3n) is 6.11. The predicted molar refractivity (Wildman–Crippen MR) is 126 cm³/mol. The summed E-state index contributed by atoms with van der Waals surface area (Å²) in [6.07, 6.45) is 0.826. The Morgan fingerprint density at radius 2 is 1.45 bits per heavy atom. The first-order valence-electron chi connectivity index (χ1n) is 11.0. The molecule has 160 valence electrons. The average molecular weight is 415 g/mol. The summed E-state index contributed by atoms with van der Waals surface area (Å²) >= 11 is 0. The third-order valence-corrected chi connectivity index (χ3v) is 6.11. The minimum Gasteiger partial charge on any atom is -0.495 e. The zero-order chi connectivity index (χ0) is 21.5. The van der Waals surface area contributed by atoms with Crippen molar-refractivity contribution >= 4 is 11.5 Å². The summed E-state index contributed by atoms with van der Waals surface area (Å²) in [6.45, 7) is 4.81. The number of hydrogen-bond acceptors (Lipinski definition) is 4. The second-order valence-electron chi connectivity index (χ2n) is 7.98. The molecule has 4 rings (SSSR count). The van der Waals surface area contributed by atoms with E-state index in [4.69, 9.17) is 4.74 Å². The molecule has 1 heterocycles. The van der Waals surface area contributed by atoms with Crippen LogP contribution >= 0.6 is 0 Å². The summed E-state index contributed by atoms with van der Waals surface area (Å²) in [7, 11) is 1.72. The van der Waals surface area contributed by atoms with Gasteiger partial charge in [-0.25, -0.2) is 0 Å². The number of rotatable bonds is 8. The molecule has 0 radical (unpaired) electrons. The van der Waals surface area contributed by atoms with E-state index in [1.54, 1.807) is 7.11 Å². The summed E-state index contributed by atoms with van der Waals surface area (Å²) in [5.74, 6) is 1.02. The van der Waals surface area contributed by atoms with E-state index >= 15 is 0 Å². The number of carbonyl (C=O) groups is 1. The van der Waals surface area contributed by atoms with Crippen molar-refractivity contribution in [1.29, 1.82) is 0 Å². The molecule has 31 heavy (non-hydrogen) atoms. The molecule has 1 aliphatic heterocycles. The molecule has 0 spiro atoms. The fourth-order valence-corrected chi connectivity index (χ4v) is 4.35. The van der Waals surface area contributed by atoms with Gasteiger partial charge in [-0.1, -0.05) is 72.8 Å². The predicted octanol–water partition coefficient (Wildman–Crippen LogP) is 4.87. The van der Waals surface area contributed by atoms with Gasteiger partial charge in [0, 0.05) is 37.7 Å². The molecule has 1 aliphatic rings. The number of nitrogens with zero attached hydrogens (tertiary/aromatic N) is 2. The van der Waals surface area contributed by atoms with Crippen molar-refractivity contribution in [2.45, 2.75) is 12.3 Å². The fourth-order valence-electron chi connectivity index (χ4n) is 4.35. The van der Waals surface area contributed by atoms with Crippen LogP contribution in [0.5, 0.6) is 5.75 Å². The van der Waals surface area contributed by atoms with Crippen LogP contribution in [-0.4, -0.2) is 50.5 Å². The number of benzene rings is 3. The zero-order valence-electron chi connectivity index (χ0n) is 18.1. The number of hydrogen-bond donors (Lipinski definition) is 0. The van der Waals surface area contributed by atoms with Crippen LogP contribution in [0.4, 0.5) is 5.69 Å². The summed E-state index contributed by atoms with van der Waals surface area (Å²) in [4.78, 5) is 18.1. The van der Waals surface area contributed by atoms with E-state index in [1.807, 2.05) is 60.7 Å². The second kappa shape index (κ2) is 10.3. The van der Waals surface area contributed by atoms with E-state index in [0.29, 0.717) is 0 Å². The van der Waals surface area contributed by atoms with Crippen LogP contribution < -0.4 is 9.64 Å². The van der Waals surface area contributed by atoms with Gasteiger partial charge in [0.15, 0.2) is 5.78 Å². The van der Waals surface area contributed by atoms with Crippen LogP contribution in [0.15, 0.2) is 84.9 Å². The summed E-state index contributed by atoms with van der Waals surface area (Å²) < 4.78 is 5.53. The molecule has 4 nitrogen and oxygen atoms in total. The molecule has 0 aromatic heterocycles. The highest BCUT2D eigenvalue weighted by atomic mass is 16.5. The van der Waals surface area contributed by atoms with Crippen molar-refractivity contribution in [3.05, 3.63) is 96.1 Å². The zero-order valence-corrected chi connectivity index (χ0v) is 18.1. The van der Waals surface area contributed by atoms with Gasteiger partial charge >= 0.3 is 0 Å². The minimum absolute atomic E-state index is 0.115. The molecule has 0 bridgehead atoms. The molecule has 1 fully saturated rings. The number of methoxy groups -OCH3 is 1. The molecule has 1 saturated heterocycles. The molecule has 0 N–H and O–H groups in total. The summed E-state index contributed by atoms with van der Waals surface area (Å²) in [5.41, 5.74) is 3.05. The van der Waals surface area contributed by atoms with E-state index in [-0.39, 0.29) is 11.7 Å². The molecule has 1 unspecified atom stereocenters. The lowest BCUT2D eigenvalue weighted by atomic mass is 9.88. The number of anilines is 1. The first kappa shape index (κ1) is 21.1. The molecule has 0 saturated carbocycles. The van der Waals surface area contributed by atoms with Crippen LogP contribution in [0.3, 0.4) is 0 Å².